The minimum atomic E-state index is 0. The van der Waals surface area contributed by atoms with Gasteiger partial charge in [0.1, 0.15) is 0 Å². The quantitative estimate of drug-likeness (QED) is 0.537. The van der Waals surface area contributed by atoms with Crippen LogP contribution in [-0.4, -0.2) is 37.3 Å². The van der Waals surface area contributed by atoms with Crippen molar-refractivity contribution in [3.05, 3.63) is 36.4 Å². The molecule has 2 nitrogen and oxygen atoms in total. The van der Waals surface area contributed by atoms with Crippen LogP contribution < -0.4 is 26.5 Å². The fraction of sp³-hybridized carbons (Fsp3) is 0.167. The SMILES string of the molecule is COc1[c-]c2ccccc2cc1OC.[Br-].[Mg+2]. The van der Waals surface area contributed by atoms with Crippen LogP contribution in [0.4, 0.5) is 0 Å². The standard InChI is InChI=1S/C12H11O2.BrH.Mg/c1-13-11-7-9-5-3-4-6-10(9)8-12(11)14-2;;/h3-7H,1-2H3;1H;/q-1;;+2/p-1. The molecule has 4 heteroatoms. The normalized spacial score (nSPS) is 8.88. The number of halogens is 1. The zero-order valence-electron chi connectivity index (χ0n) is 9.29. The summed E-state index contributed by atoms with van der Waals surface area (Å²) in [5.41, 5.74) is 0. The van der Waals surface area contributed by atoms with Crippen molar-refractivity contribution in [3.8, 4) is 11.5 Å². The van der Waals surface area contributed by atoms with E-state index in [0.717, 1.165) is 10.8 Å². The molecule has 0 atom stereocenters. The number of fused-ring (bicyclic) bond motifs is 1. The Labute approximate surface area is 122 Å². The molecule has 0 fully saturated rings. The van der Waals surface area contributed by atoms with Crippen LogP contribution >= 0.6 is 0 Å². The molecule has 0 spiro atoms. The van der Waals surface area contributed by atoms with Gasteiger partial charge >= 0.3 is 23.1 Å². The molecule has 0 aliphatic carbocycles. The first kappa shape index (κ1) is 15.5. The van der Waals surface area contributed by atoms with Gasteiger partial charge in [-0.25, -0.2) is 0 Å². The Hall–Kier alpha value is -0.454. The predicted octanol–water partition coefficient (Wildman–Crippen LogP) is -0.720. The Morgan fingerprint density at radius 2 is 1.75 bits per heavy atom. The van der Waals surface area contributed by atoms with E-state index < -0.39 is 0 Å². The van der Waals surface area contributed by atoms with E-state index in [1.807, 2.05) is 30.3 Å². The fourth-order valence-electron chi connectivity index (χ4n) is 1.43. The maximum absolute atomic E-state index is 5.19. The summed E-state index contributed by atoms with van der Waals surface area (Å²) in [6.07, 6.45) is 0. The number of methoxy groups -OCH3 is 2. The van der Waals surface area contributed by atoms with Gasteiger partial charge in [-0.1, -0.05) is 24.3 Å². The van der Waals surface area contributed by atoms with Gasteiger partial charge in [-0.3, -0.25) is 0 Å². The predicted molar refractivity (Wildman–Crippen MR) is 61.6 cm³/mol. The zero-order valence-corrected chi connectivity index (χ0v) is 12.3. The molecule has 16 heavy (non-hydrogen) atoms. The summed E-state index contributed by atoms with van der Waals surface area (Å²) in [7, 11) is 3.24. The van der Waals surface area contributed by atoms with E-state index in [2.05, 4.69) is 6.07 Å². The van der Waals surface area contributed by atoms with Crippen LogP contribution in [0.2, 0.25) is 0 Å². The Balaban J connectivity index is 0.00000112. The maximum Gasteiger partial charge on any atom is 2.00 e. The first-order valence-corrected chi connectivity index (χ1v) is 4.38. The number of rotatable bonds is 2. The molecule has 0 radical (unpaired) electrons. The first-order chi connectivity index (χ1) is 6.85. The van der Waals surface area contributed by atoms with Crippen molar-refractivity contribution >= 4 is 33.8 Å². The Kier molecular flexibility index (Phi) is 6.79. The summed E-state index contributed by atoms with van der Waals surface area (Å²) >= 11 is 0. The van der Waals surface area contributed by atoms with Crippen molar-refractivity contribution < 1.29 is 26.5 Å². The van der Waals surface area contributed by atoms with Crippen LogP contribution in [0.25, 0.3) is 10.8 Å². The van der Waals surface area contributed by atoms with Crippen LogP contribution in [0.1, 0.15) is 0 Å². The molecule has 0 heterocycles. The monoisotopic (exact) mass is 290 g/mol. The van der Waals surface area contributed by atoms with E-state index in [-0.39, 0.29) is 40.0 Å². The molecular formula is C12H11BrMgO2. The fourth-order valence-corrected chi connectivity index (χ4v) is 1.43. The van der Waals surface area contributed by atoms with Gasteiger partial charge in [0.05, 0.1) is 25.7 Å². The summed E-state index contributed by atoms with van der Waals surface area (Å²) < 4.78 is 10.4. The van der Waals surface area contributed by atoms with E-state index in [1.165, 1.54) is 0 Å². The largest absolute Gasteiger partial charge is 2.00 e. The molecule has 2 aromatic carbocycles. The molecule has 0 aromatic heterocycles. The molecule has 2 aromatic rings. The third-order valence-corrected chi connectivity index (χ3v) is 2.14. The van der Waals surface area contributed by atoms with Crippen molar-refractivity contribution in [3.63, 3.8) is 0 Å². The molecule has 2 rings (SSSR count). The minimum absolute atomic E-state index is 0. The van der Waals surface area contributed by atoms with Crippen LogP contribution in [0.15, 0.2) is 30.3 Å². The average molecular weight is 291 g/mol. The van der Waals surface area contributed by atoms with Gasteiger partial charge in [0.2, 0.25) is 0 Å². The smallest absolute Gasteiger partial charge is 1.00 e. The third kappa shape index (κ3) is 3.03. The summed E-state index contributed by atoms with van der Waals surface area (Å²) in [5, 5.41) is 2.13. The zero-order chi connectivity index (χ0) is 9.97. The first-order valence-electron chi connectivity index (χ1n) is 4.38. The average Bonchev–Trinajstić information content (AvgIpc) is 2.27. The Morgan fingerprint density at radius 1 is 1.06 bits per heavy atom. The molecule has 0 saturated carbocycles. The van der Waals surface area contributed by atoms with Gasteiger partial charge in [-0.15, -0.1) is 22.9 Å². The maximum atomic E-state index is 5.19. The van der Waals surface area contributed by atoms with E-state index in [4.69, 9.17) is 9.47 Å². The second-order valence-corrected chi connectivity index (χ2v) is 2.96. The molecule has 0 saturated heterocycles. The van der Waals surface area contributed by atoms with Crippen molar-refractivity contribution in [2.24, 2.45) is 0 Å². The van der Waals surface area contributed by atoms with Gasteiger partial charge in [0, 0.05) is 0 Å². The second kappa shape index (κ2) is 6.99. The van der Waals surface area contributed by atoms with Gasteiger partial charge in [0.15, 0.2) is 0 Å². The molecule has 0 bridgehead atoms. The topological polar surface area (TPSA) is 18.5 Å². The van der Waals surface area contributed by atoms with E-state index in [9.17, 15) is 0 Å². The summed E-state index contributed by atoms with van der Waals surface area (Å²) in [6, 6.07) is 13.1. The molecular weight excluding hydrogens is 280 g/mol. The van der Waals surface area contributed by atoms with E-state index in [1.54, 1.807) is 14.2 Å². The molecule has 0 unspecified atom stereocenters. The summed E-state index contributed by atoms with van der Waals surface area (Å²) in [6.45, 7) is 0. The van der Waals surface area contributed by atoms with Crippen LogP contribution in [-0.2, 0) is 0 Å². The molecule has 0 aliphatic heterocycles. The third-order valence-electron chi connectivity index (χ3n) is 2.14. The Bertz CT molecular complexity index is 417. The minimum Gasteiger partial charge on any atom is -1.00 e. The van der Waals surface area contributed by atoms with Gasteiger partial charge < -0.3 is 26.5 Å². The summed E-state index contributed by atoms with van der Waals surface area (Å²) in [4.78, 5) is 0. The molecule has 0 amide bonds. The van der Waals surface area contributed by atoms with E-state index in [0.29, 0.717) is 11.5 Å². The number of benzene rings is 2. The van der Waals surface area contributed by atoms with Crippen molar-refractivity contribution in [2.75, 3.05) is 14.2 Å². The Morgan fingerprint density at radius 3 is 2.38 bits per heavy atom. The molecule has 80 valence electrons. The van der Waals surface area contributed by atoms with Crippen molar-refractivity contribution in [1.29, 1.82) is 0 Å². The molecule has 0 aliphatic rings. The van der Waals surface area contributed by atoms with Crippen LogP contribution in [0, 0.1) is 6.07 Å². The van der Waals surface area contributed by atoms with Crippen LogP contribution in [0.5, 0.6) is 11.5 Å². The second-order valence-electron chi connectivity index (χ2n) is 2.96. The number of ether oxygens (including phenoxy) is 2. The van der Waals surface area contributed by atoms with Crippen LogP contribution in [0.3, 0.4) is 0 Å². The van der Waals surface area contributed by atoms with Gasteiger partial charge in [0.25, 0.3) is 0 Å². The van der Waals surface area contributed by atoms with E-state index >= 15 is 0 Å². The molecule has 0 N–H and O–H groups in total. The van der Waals surface area contributed by atoms with Crippen molar-refractivity contribution in [2.45, 2.75) is 0 Å². The van der Waals surface area contributed by atoms with Gasteiger partial charge in [-0.2, -0.15) is 0 Å². The number of hydrogen-bond donors (Lipinski definition) is 0. The number of hydrogen-bond acceptors (Lipinski definition) is 2. The van der Waals surface area contributed by atoms with Gasteiger partial charge in [-0.05, 0) is 0 Å². The summed E-state index contributed by atoms with van der Waals surface area (Å²) in [5.74, 6) is 1.36. The van der Waals surface area contributed by atoms with Crippen molar-refractivity contribution in [1.82, 2.24) is 0 Å².